The average molecular weight is 598 g/mol. The number of fused-ring (bicyclic) bond motifs is 1. The van der Waals surface area contributed by atoms with E-state index in [1.165, 1.54) is 35.3 Å². The number of ether oxygens (including phenoxy) is 2. The molecule has 5 rings (SSSR count). The Kier molecular flexibility index (Phi) is 8.12. The largest absolute Gasteiger partial charge is 0.497 e. The van der Waals surface area contributed by atoms with Crippen LogP contribution in [0.4, 0.5) is 5.69 Å². The van der Waals surface area contributed by atoms with Gasteiger partial charge in [-0.25, -0.2) is 18.1 Å². The number of aromatic nitrogens is 2. The Morgan fingerprint density at radius 1 is 0.951 bits per heavy atom. The van der Waals surface area contributed by atoms with Crippen molar-refractivity contribution in [1.29, 1.82) is 0 Å². The van der Waals surface area contributed by atoms with E-state index in [-0.39, 0.29) is 32.7 Å². The molecule has 0 saturated carbocycles. The molecule has 0 aliphatic carbocycles. The van der Waals surface area contributed by atoms with Gasteiger partial charge in [-0.15, -0.1) is 0 Å². The summed E-state index contributed by atoms with van der Waals surface area (Å²) in [6.45, 7) is 4.32. The number of hydrogen-bond acceptors (Lipinski definition) is 8. The second kappa shape index (κ2) is 11.6. The molecular formula is C29H32ClN5O5S. The lowest BCUT2D eigenvalue weighted by molar-refractivity contribution is 0.282. The summed E-state index contributed by atoms with van der Waals surface area (Å²) in [6.07, 6.45) is 0. The second-order valence-corrected chi connectivity index (χ2v) is 12.0. The van der Waals surface area contributed by atoms with Crippen LogP contribution in [-0.2, 0) is 10.0 Å². The molecule has 41 heavy (non-hydrogen) atoms. The molecule has 0 bridgehead atoms. The summed E-state index contributed by atoms with van der Waals surface area (Å²) in [5, 5.41) is 2.45. The van der Waals surface area contributed by atoms with Crippen molar-refractivity contribution in [2.24, 2.45) is 0 Å². The van der Waals surface area contributed by atoms with Crippen LogP contribution in [0.15, 0.2) is 76.4 Å². The molecule has 0 spiro atoms. The van der Waals surface area contributed by atoms with Crippen molar-refractivity contribution >= 4 is 38.2 Å². The number of methoxy groups -OCH3 is 2. The molecule has 0 radical (unpaired) electrons. The van der Waals surface area contributed by atoms with Gasteiger partial charge in [-0.1, -0.05) is 35.9 Å². The molecule has 1 saturated heterocycles. The fourth-order valence-electron chi connectivity index (χ4n) is 5.06. The summed E-state index contributed by atoms with van der Waals surface area (Å²) in [4.78, 5) is 21.0. The van der Waals surface area contributed by atoms with Crippen molar-refractivity contribution in [2.45, 2.75) is 17.9 Å². The van der Waals surface area contributed by atoms with Crippen molar-refractivity contribution < 1.29 is 17.9 Å². The normalized spacial score (nSPS) is 15.1. The third-order valence-corrected chi connectivity index (χ3v) is 9.65. The second-order valence-electron chi connectivity index (χ2n) is 9.81. The molecule has 2 heterocycles. The summed E-state index contributed by atoms with van der Waals surface area (Å²) in [5.74, 6) is 1.03. The van der Waals surface area contributed by atoms with Crippen LogP contribution in [0.25, 0.3) is 10.9 Å². The monoisotopic (exact) mass is 597 g/mol. The van der Waals surface area contributed by atoms with Crippen LogP contribution in [0, 0.1) is 0 Å². The van der Waals surface area contributed by atoms with Crippen molar-refractivity contribution in [3.8, 4) is 11.5 Å². The van der Waals surface area contributed by atoms with Gasteiger partial charge in [0, 0.05) is 32.2 Å². The molecule has 216 valence electrons. The highest BCUT2D eigenvalue weighted by Gasteiger charge is 2.37. The molecule has 1 atom stereocenters. The third-order valence-electron chi connectivity index (χ3n) is 7.26. The summed E-state index contributed by atoms with van der Waals surface area (Å²) >= 11 is 6.44. The van der Waals surface area contributed by atoms with Gasteiger partial charge in [0.2, 0.25) is 0 Å². The number of likely N-dealkylation sites (N-methyl/N-ethyl adjacent to an activating group) is 1. The topological polar surface area (TPSA) is 97.2 Å². The van der Waals surface area contributed by atoms with Crippen molar-refractivity contribution in [1.82, 2.24) is 14.6 Å². The van der Waals surface area contributed by atoms with Gasteiger partial charge < -0.3 is 19.4 Å². The Morgan fingerprint density at radius 2 is 1.63 bits per heavy atom. The molecule has 12 heteroatoms. The lowest BCUT2D eigenvalue weighted by atomic mass is 10.2. The summed E-state index contributed by atoms with van der Waals surface area (Å²) < 4.78 is 42.7. The number of anilines is 1. The zero-order valence-corrected chi connectivity index (χ0v) is 24.9. The molecule has 1 aliphatic heterocycles. The maximum Gasteiger partial charge on any atom is 0.280 e. The van der Waals surface area contributed by atoms with Crippen LogP contribution in [-0.4, -0.2) is 70.4 Å². The van der Waals surface area contributed by atoms with Gasteiger partial charge in [0.1, 0.15) is 22.4 Å². The van der Waals surface area contributed by atoms with Gasteiger partial charge in [0.25, 0.3) is 15.6 Å². The lowest BCUT2D eigenvalue weighted by Crippen LogP contribution is -2.55. The predicted octanol–water partition coefficient (Wildman–Crippen LogP) is 3.91. The molecule has 1 fully saturated rings. The Bertz CT molecular complexity index is 1740. The first-order valence-corrected chi connectivity index (χ1v) is 15.0. The fraction of sp³-hybridized carbons (Fsp3) is 0.310. The maximum atomic E-state index is 14.5. The van der Waals surface area contributed by atoms with Crippen LogP contribution < -0.4 is 24.3 Å². The SMILES string of the molecule is COc1ccc(N(C(C)c2nc3ccccc3c(=O)n2N2CCN(C)CC2)S(=O)(=O)c2ccccc2Cl)c(OC)c1. The van der Waals surface area contributed by atoms with Gasteiger partial charge in [0.05, 0.1) is 35.8 Å². The quantitative estimate of drug-likeness (QED) is 0.302. The Morgan fingerprint density at radius 3 is 2.32 bits per heavy atom. The molecule has 4 aromatic rings. The minimum atomic E-state index is -4.31. The van der Waals surface area contributed by atoms with Gasteiger partial charge in [-0.3, -0.25) is 9.10 Å². The standard InChI is InChI=1S/C29H32ClN5O5S/c1-20(28-31-24-11-7-5-9-22(24)29(36)34(28)33-17-15-32(2)16-18-33)35(25-14-13-21(39-3)19-26(25)40-4)41(37,38)27-12-8-6-10-23(27)30/h5-14,19-20H,15-18H2,1-4H3. The first-order valence-electron chi connectivity index (χ1n) is 13.1. The summed E-state index contributed by atoms with van der Waals surface area (Å²) in [6, 6.07) is 17.2. The molecule has 1 aromatic heterocycles. The minimum absolute atomic E-state index is 0.0695. The van der Waals surface area contributed by atoms with E-state index in [9.17, 15) is 13.2 Å². The van der Waals surface area contributed by atoms with Gasteiger partial charge in [0.15, 0.2) is 5.82 Å². The first-order chi connectivity index (χ1) is 19.7. The number of hydrogen-bond donors (Lipinski definition) is 0. The highest BCUT2D eigenvalue weighted by atomic mass is 35.5. The van der Waals surface area contributed by atoms with Crippen molar-refractivity contribution in [2.75, 3.05) is 56.8 Å². The van der Waals surface area contributed by atoms with E-state index in [0.29, 0.717) is 29.7 Å². The highest BCUT2D eigenvalue weighted by Crippen LogP contribution is 2.41. The van der Waals surface area contributed by atoms with E-state index in [2.05, 4.69) is 4.90 Å². The zero-order chi connectivity index (χ0) is 29.3. The van der Waals surface area contributed by atoms with E-state index in [0.717, 1.165) is 13.1 Å². The van der Waals surface area contributed by atoms with Crippen LogP contribution in [0.3, 0.4) is 0 Å². The zero-order valence-electron chi connectivity index (χ0n) is 23.3. The van der Waals surface area contributed by atoms with Gasteiger partial charge in [-0.05, 0) is 50.4 Å². The number of halogens is 1. The van der Waals surface area contributed by atoms with Gasteiger partial charge >= 0.3 is 0 Å². The van der Waals surface area contributed by atoms with E-state index < -0.39 is 16.1 Å². The van der Waals surface area contributed by atoms with Crippen LogP contribution in [0.5, 0.6) is 11.5 Å². The van der Waals surface area contributed by atoms with E-state index in [4.69, 9.17) is 26.1 Å². The van der Waals surface area contributed by atoms with Crippen LogP contribution >= 0.6 is 11.6 Å². The van der Waals surface area contributed by atoms with Crippen molar-refractivity contribution in [3.05, 3.63) is 87.9 Å². The summed E-state index contributed by atoms with van der Waals surface area (Å²) in [7, 11) is 0.689. The first kappa shape index (κ1) is 28.7. The molecule has 1 aliphatic rings. The smallest absolute Gasteiger partial charge is 0.280 e. The average Bonchev–Trinajstić information content (AvgIpc) is 2.98. The maximum absolute atomic E-state index is 14.5. The molecule has 3 aromatic carbocycles. The number of para-hydroxylation sites is 1. The number of piperazine rings is 1. The number of sulfonamides is 1. The molecular weight excluding hydrogens is 566 g/mol. The Labute approximate surface area is 244 Å². The number of rotatable bonds is 8. The lowest BCUT2D eigenvalue weighted by Gasteiger charge is -2.38. The molecule has 0 N–H and O–H groups in total. The van der Waals surface area contributed by atoms with Gasteiger partial charge in [-0.2, -0.15) is 0 Å². The summed E-state index contributed by atoms with van der Waals surface area (Å²) in [5.41, 5.74) is 0.452. The Hall–Kier alpha value is -3.80. The van der Waals surface area contributed by atoms with E-state index in [1.807, 2.05) is 12.1 Å². The molecule has 0 amide bonds. The Balaban J connectivity index is 1.79. The number of benzene rings is 3. The number of nitrogens with zero attached hydrogens (tertiary/aromatic N) is 5. The fourth-order valence-corrected chi connectivity index (χ4v) is 7.18. The third kappa shape index (κ3) is 5.32. The van der Waals surface area contributed by atoms with Crippen LogP contribution in [0.2, 0.25) is 5.02 Å². The van der Waals surface area contributed by atoms with E-state index >= 15 is 0 Å². The molecule has 10 nitrogen and oxygen atoms in total. The van der Waals surface area contributed by atoms with E-state index in [1.54, 1.807) is 61.5 Å². The highest BCUT2D eigenvalue weighted by molar-refractivity contribution is 7.93. The predicted molar refractivity (Wildman–Crippen MR) is 161 cm³/mol. The molecule has 1 unspecified atom stereocenters. The van der Waals surface area contributed by atoms with Crippen LogP contribution in [0.1, 0.15) is 18.8 Å². The minimum Gasteiger partial charge on any atom is -0.497 e. The van der Waals surface area contributed by atoms with Crippen molar-refractivity contribution in [3.63, 3.8) is 0 Å².